The van der Waals surface area contributed by atoms with E-state index in [0.717, 1.165) is 0 Å². The van der Waals surface area contributed by atoms with Crippen LogP contribution < -0.4 is 14.8 Å². The fourth-order valence-electron chi connectivity index (χ4n) is 2.20. The molecule has 0 heterocycles. The number of carbonyl (C=O) groups excluding carboxylic acids is 1. The molecule has 9 heteroatoms. The lowest BCUT2D eigenvalue weighted by Gasteiger charge is -2.16. The Balaban J connectivity index is 2.13. The number of aryl methyl sites for hydroxylation is 1. The van der Waals surface area contributed by atoms with E-state index < -0.39 is 22.0 Å². The Kier molecular flexibility index (Phi) is 6.52. The van der Waals surface area contributed by atoms with Crippen molar-refractivity contribution in [2.45, 2.75) is 24.8 Å². The minimum absolute atomic E-state index is 0.0416. The molecule has 1 amide bonds. The van der Waals surface area contributed by atoms with Crippen molar-refractivity contribution in [1.29, 1.82) is 0 Å². The zero-order valence-corrected chi connectivity index (χ0v) is 16.7. The molecule has 2 N–H and O–H groups in total. The number of sulfonamides is 1. The summed E-state index contributed by atoms with van der Waals surface area (Å²) in [5.74, 6) is 0.0233. The van der Waals surface area contributed by atoms with Crippen LogP contribution in [-0.2, 0) is 14.8 Å². The van der Waals surface area contributed by atoms with Gasteiger partial charge < -0.3 is 10.1 Å². The summed E-state index contributed by atoms with van der Waals surface area (Å²) in [5.41, 5.74) is 1.01. The summed E-state index contributed by atoms with van der Waals surface area (Å²) in [6.07, 6.45) is 0. The number of halogens is 2. The summed E-state index contributed by atoms with van der Waals surface area (Å²) in [6, 6.07) is 8.01. The van der Waals surface area contributed by atoms with Gasteiger partial charge in [-0.05, 0) is 55.8 Å². The smallest absolute Gasteiger partial charge is 0.242 e. The summed E-state index contributed by atoms with van der Waals surface area (Å²) in [4.78, 5) is 12.3. The molecule has 0 fully saturated rings. The van der Waals surface area contributed by atoms with E-state index >= 15 is 0 Å². The van der Waals surface area contributed by atoms with E-state index in [2.05, 4.69) is 10.0 Å². The quantitative estimate of drug-likeness (QED) is 0.752. The maximum atomic E-state index is 12.5. The van der Waals surface area contributed by atoms with Crippen LogP contribution >= 0.6 is 23.2 Å². The Morgan fingerprint density at radius 3 is 2.42 bits per heavy atom. The predicted octanol–water partition coefficient (Wildman–Crippen LogP) is 3.62. The highest BCUT2D eigenvalue weighted by molar-refractivity contribution is 7.89. The first-order valence-electron chi connectivity index (χ1n) is 7.57. The molecule has 0 saturated carbocycles. The number of anilines is 1. The molecule has 26 heavy (non-hydrogen) atoms. The largest absolute Gasteiger partial charge is 0.496 e. The SMILES string of the molecule is COc1ccc(S(=O)(=O)N[C@H](C)C(=O)Nc2ccc(Cl)cc2Cl)cc1C. The standard InChI is InChI=1S/C17H18Cl2N2O4S/c1-10-8-13(5-7-16(10)25-3)26(23,24)21-11(2)17(22)20-15-6-4-12(18)9-14(15)19/h4-9,11,21H,1-3H3,(H,20,22)/t11-/m1/s1. The molecule has 0 bridgehead atoms. The van der Waals surface area contributed by atoms with E-state index in [9.17, 15) is 13.2 Å². The molecule has 2 aromatic carbocycles. The van der Waals surface area contributed by atoms with Crippen molar-refractivity contribution in [2.75, 3.05) is 12.4 Å². The summed E-state index contributed by atoms with van der Waals surface area (Å²) in [7, 11) is -2.38. The van der Waals surface area contributed by atoms with Gasteiger partial charge in [-0.25, -0.2) is 8.42 Å². The molecule has 2 rings (SSSR count). The highest BCUT2D eigenvalue weighted by atomic mass is 35.5. The topological polar surface area (TPSA) is 84.5 Å². The van der Waals surface area contributed by atoms with Crippen molar-refractivity contribution in [2.24, 2.45) is 0 Å². The van der Waals surface area contributed by atoms with Gasteiger partial charge in [0.25, 0.3) is 0 Å². The molecule has 0 spiro atoms. The molecule has 1 atom stereocenters. The van der Waals surface area contributed by atoms with Crippen molar-refractivity contribution in [1.82, 2.24) is 4.72 Å². The lowest BCUT2D eigenvalue weighted by Crippen LogP contribution is -2.41. The van der Waals surface area contributed by atoms with Gasteiger partial charge in [0.1, 0.15) is 5.75 Å². The van der Waals surface area contributed by atoms with Crippen molar-refractivity contribution in [3.63, 3.8) is 0 Å². The average molecular weight is 417 g/mol. The van der Waals surface area contributed by atoms with Gasteiger partial charge in [-0.3, -0.25) is 4.79 Å². The maximum absolute atomic E-state index is 12.5. The number of carbonyl (C=O) groups is 1. The Hall–Kier alpha value is -1.80. The Labute approximate surface area is 162 Å². The third kappa shape index (κ3) is 4.88. The molecule has 0 saturated heterocycles. The molecule has 140 valence electrons. The van der Waals surface area contributed by atoms with Gasteiger partial charge in [-0.15, -0.1) is 0 Å². The van der Waals surface area contributed by atoms with Gasteiger partial charge in [0, 0.05) is 5.02 Å². The van der Waals surface area contributed by atoms with Gasteiger partial charge in [0.05, 0.1) is 28.8 Å². The molecule has 0 aromatic heterocycles. The molecule has 0 aliphatic heterocycles. The van der Waals surface area contributed by atoms with Gasteiger partial charge in [-0.1, -0.05) is 23.2 Å². The normalized spacial score (nSPS) is 12.5. The molecule has 6 nitrogen and oxygen atoms in total. The lowest BCUT2D eigenvalue weighted by atomic mass is 10.2. The van der Waals surface area contributed by atoms with Crippen LogP contribution in [0.1, 0.15) is 12.5 Å². The van der Waals surface area contributed by atoms with Crippen LogP contribution in [0.4, 0.5) is 5.69 Å². The number of ether oxygens (including phenoxy) is 1. The Morgan fingerprint density at radius 1 is 1.15 bits per heavy atom. The Bertz CT molecular complexity index is 932. The Morgan fingerprint density at radius 2 is 1.85 bits per heavy atom. The first-order chi connectivity index (χ1) is 12.1. The van der Waals surface area contributed by atoms with Gasteiger partial charge >= 0.3 is 0 Å². The monoisotopic (exact) mass is 416 g/mol. The van der Waals surface area contributed by atoms with E-state index in [1.807, 2.05) is 0 Å². The van der Waals surface area contributed by atoms with Crippen LogP contribution in [0.3, 0.4) is 0 Å². The van der Waals surface area contributed by atoms with Crippen LogP contribution in [0.2, 0.25) is 10.0 Å². The molecule has 0 radical (unpaired) electrons. The minimum Gasteiger partial charge on any atom is -0.496 e. The molecule has 0 unspecified atom stereocenters. The number of methoxy groups -OCH3 is 1. The van der Waals surface area contributed by atoms with Crippen molar-refractivity contribution in [3.8, 4) is 5.75 Å². The average Bonchev–Trinajstić information content (AvgIpc) is 2.56. The fraction of sp³-hybridized carbons (Fsp3) is 0.235. The number of hydrogen-bond acceptors (Lipinski definition) is 4. The van der Waals surface area contributed by atoms with Crippen molar-refractivity contribution in [3.05, 3.63) is 52.0 Å². The van der Waals surface area contributed by atoms with Crippen LogP contribution in [0, 0.1) is 6.92 Å². The number of nitrogens with one attached hydrogen (secondary N) is 2. The second-order valence-electron chi connectivity index (χ2n) is 5.59. The van der Waals surface area contributed by atoms with Crippen LogP contribution in [0.25, 0.3) is 0 Å². The van der Waals surface area contributed by atoms with E-state index in [-0.39, 0.29) is 9.92 Å². The van der Waals surface area contributed by atoms with Gasteiger partial charge in [-0.2, -0.15) is 4.72 Å². The van der Waals surface area contributed by atoms with Crippen molar-refractivity contribution >= 4 is 44.8 Å². The molecular formula is C17H18Cl2N2O4S. The summed E-state index contributed by atoms with van der Waals surface area (Å²) < 4.78 is 32.4. The van der Waals surface area contributed by atoms with Crippen molar-refractivity contribution < 1.29 is 17.9 Å². The second-order valence-corrected chi connectivity index (χ2v) is 8.15. The number of benzene rings is 2. The van der Waals surface area contributed by atoms with Gasteiger partial charge in [0.15, 0.2) is 0 Å². The minimum atomic E-state index is -3.88. The molecule has 2 aromatic rings. The number of amides is 1. The third-order valence-electron chi connectivity index (χ3n) is 3.59. The van der Waals surface area contributed by atoms with Crippen LogP contribution in [-0.4, -0.2) is 27.5 Å². The first-order valence-corrected chi connectivity index (χ1v) is 9.81. The van der Waals surface area contributed by atoms with E-state index in [4.69, 9.17) is 27.9 Å². The zero-order valence-electron chi connectivity index (χ0n) is 14.3. The molecule has 0 aliphatic rings. The highest BCUT2D eigenvalue weighted by Crippen LogP contribution is 2.25. The number of rotatable bonds is 6. The molecular weight excluding hydrogens is 399 g/mol. The fourth-order valence-corrected chi connectivity index (χ4v) is 3.95. The van der Waals surface area contributed by atoms with Gasteiger partial charge in [0.2, 0.25) is 15.9 Å². The summed E-state index contributed by atoms with van der Waals surface area (Å²) in [6.45, 7) is 3.17. The molecule has 0 aliphatic carbocycles. The van der Waals surface area contributed by atoms with E-state index in [0.29, 0.717) is 22.0 Å². The third-order valence-corrected chi connectivity index (χ3v) is 5.68. The van der Waals surface area contributed by atoms with E-state index in [1.54, 1.807) is 19.1 Å². The maximum Gasteiger partial charge on any atom is 0.242 e. The van der Waals surface area contributed by atoms with E-state index in [1.165, 1.54) is 38.3 Å². The lowest BCUT2D eigenvalue weighted by molar-refractivity contribution is -0.117. The van der Waals surface area contributed by atoms with Crippen LogP contribution in [0.5, 0.6) is 5.75 Å². The van der Waals surface area contributed by atoms with Crippen LogP contribution in [0.15, 0.2) is 41.3 Å². The second kappa shape index (κ2) is 8.26. The predicted molar refractivity (Wildman–Crippen MR) is 103 cm³/mol. The number of hydrogen-bond donors (Lipinski definition) is 2. The zero-order chi connectivity index (χ0) is 19.5. The first kappa shape index (κ1) is 20.5. The highest BCUT2D eigenvalue weighted by Gasteiger charge is 2.23. The summed E-state index contributed by atoms with van der Waals surface area (Å²) in [5, 5.41) is 3.25. The summed E-state index contributed by atoms with van der Waals surface area (Å²) >= 11 is 11.8.